The average molecular weight is 411 g/mol. The van der Waals surface area contributed by atoms with Crippen molar-refractivity contribution < 1.29 is 18.0 Å². The van der Waals surface area contributed by atoms with Crippen molar-refractivity contribution in [2.45, 2.75) is 32.1 Å². The number of hydrogen-bond acceptors (Lipinski definition) is 2. The van der Waals surface area contributed by atoms with Crippen LogP contribution in [0.3, 0.4) is 0 Å². The summed E-state index contributed by atoms with van der Waals surface area (Å²) >= 11 is 5.87. The molecule has 2 aromatic rings. The molecule has 0 aliphatic carbocycles. The molecular formula is C21H22ClF3N2O. The van der Waals surface area contributed by atoms with E-state index in [1.165, 1.54) is 12.1 Å². The first-order chi connectivity index (χ1) is 13.2. The van der Waals surface area contributed by atoms with Crippen molar-refractivity contribution in [3.8, 4) is 0 Å². The van der Waals surface area contributed by atoms with Crippen LogP contribution in [-0.2, 0) is 23.9 Å². The molecule has 1 saturated heterocycles. The number of halogens is 4. The fraction of sp³-hybridized carbons (Fsp3) is 0.381. The molecule has 3 rings (SSSR count). The van der Waals surface area contributed by atoms with Gasteiger partial charge in [-0.2, -0.15) is 13.2 Å². The van der Waals surface area contributed by atoms with Gasteiger partial charge in [0.2, 0.25) is 5.91 Å². The van der Waals surface area contributed by atoms with E-state index < -0.39 is 11.7 Å². The van der Waals surface area contributed by atoms with Crippen LogP contribution in [0.4, 0.5) is 13.2 Å². The minimum Gasteiger partial charge on any atom is -0.337 e. The Morgan fingerprint density at radius 2 is 1.82 bits per heavy atom. The summed E-state index contributed by atoms with van der Waals surface area (Å²) < 4.78 is 38.7. The second-order valence-corrected chi connectivity index (χ2v) is 7.61. The predicted molar refractivity (Wildman–Crippen MR) is 103 cm³/mol. The van der Waals surface area contributed by atoms with Gasteiger partial charge in [0.1, 0.15) is 0 Å². The third kappa shape index (κ3) is 5.26. The van der Waals surface area contributed by atoms with Crippen molar-refractivity contribution in [1.82, 2.24) is 9.80 Å². The van der Waals surface area contributed by atoms with Crippen LogP contribution in [0.1, 0.15) is 23.6 Å². The topological polar surface area (TPSA) is 23.6 Å². The van der Waals surface area contributed by atoms with Gasteiger partial charge in [-0.1, -0.05) is 41.9 Å². The third-order valence-electron chi connectivity index (χ3n) is 4.96. The summed E-state index contributed by atoms with van der Waals surface area (Å²) in [5.41, 5.74) is 0.908. The Labute approximate surface area is 167 Å². The number of rotatable bonds is 4. The predicted octanol–water partition coefficient (Wildman–Crippen LogP) is 4.63. The third-order valence-corrected chi connectivity index (χ3v) is 5.21. The van der Waals surface area contributed by atoms with Crippen molar-refractivity contribution >= 4 is 17.5 Å². The summed E-state index contributed by atoms with van der Waals surface area (Å²) in [7, 11) is 0. The summed E-state index contributed by atoms with van der Waals surface area (Å²) in [5.74, 6) is 0.0496. The van der Waals surface area contributed by atoms with Crippen LogP contribution in [0.5, 0.6) is 0 Å². The van der Waals surface area contributed by atoms with E-state index in [-0.39, 0.29) is 11.9 Å². The molecule has 0 saturated carbocycles. The molecule has 3 nitrogen and oxygen atoms in total. The number of hydrogen-bond donors (Lipinski definition) is 0. The van der Waals surface area contributed by atoms with Gasteiger partial charge in [0.05, 0.1) is 12.0 Å². The zero-order chi connectivity index (χ0) is 20.3. The van der Waals surface area contributed by atoms with Crippen LogP contribution in [0.2, 0.25) is 5.02 Å². The van der Waals surface area contributed by atoms with E-state index in [1.807, 2.05) is 24.0 Å². The van der Waals surface area contributed by atoms with Crippen LogP contribution in [0, 0.1) is 0 Å². The Morgan fingerprint density at radius 1 is 1.11 bits per heavy atom. The van der Waals surface area contributed by atoms with Gasteiger partial charge < -0.3 is 4.90 Å². The average Bonchev–Trinajstić information content (AvgIpc) is 2.63. The maximum Gasteiger partial charge on any atom is 0.416 e. The Balaban J connectivity index is 1.57. The SMILES string of the molecule is C[C@H]1CN(Cc2cccc(C(F)(F)F)c2)CCN1C(=O)Cc1ccc(Cl)cc1. The highest BCUT2D eigenvalue weighted by Crippen LogP contribution is 2.30. The molecular weight excluding hydrogens is 389 g/mol. The van der Waals surface area contributed by atoms with Crippen LogP contribution in [0.15, 0.2) is 48.5 Å². The second kappa shape index (κ2) is 8.53. The van der Waals surface area contributed by atoms with Crippen molar-refractivity contribution in [3.05, 3.63) is 70.2 Å². The van der Waals surface area contributed by atoms with E-state index in [0.717, 1.165) is 11.6 Å². The van der Waals surface area contributed by atoms with E-state index in [0.29, 0.717) is 43.2 Å². The van der Waals surface area contributed by atoms with Gasteiger partial charge in [-0.25, -0.2) is 0 Å². The molecule has 1 aliphatic rings. The molecule has 0 bridgehead atoms. The van der Waals surface area contributed by atoms with Gasteiger partial charge in [-0.15, -0.1) is 0 Å². The van der Waals surface area contributed by atoms with Gasteiger partial charge in [-0.3, -0.25) is 9.69 Å². The molecule has 2 aromatic carbocycles. The van der Waals surface area contributed by atoms with Crippen molar-refractivity contribution in [2.24, 2.45) is 0 Å². The Hall–Kier alpha value is -2.05. The quantitative estimate of drug-likeness (QED) is 0.733. The Morgan fingerprint density at radius 3 is 2.46 bits per heavy atom. The summed E-state index contributed by atoms with van der Waals surface area (Å²) in [5, 5.41) is 0.632. The molecule has 0 aromatic heterocycles. The number of nitrogens with zero attached hydrogens (tertiary/aromatic N) is 2. The lowest BCUT2D eigenvalue weighted by Crippen LogP contribution is -2.54. The van der Waals surface area contributed by atoms with E-state index >= 15 is 0 Å². The molecule has 1 atom stereocenters. The molecule has 1 heterocycles. The van der Waals surface area contributed by atoms with Gasteiger partial charge in [0, 0.05) is 37.2 Å². The number of piperazine rings is 1. The Kier molecular flexibility index (Phi) is 6.30. The monoisotopic (exact) mass is 410 g/mol. The lowest BCUT2D eigenvalue weighted by atomic mass is 10.1. The number of amides is 1. The fourth-order valence-corrected chi connectivity index (χ4v) is 3.66. The lowest BCUT2D eigenvalue weighted by Gasteiger charge is -2.40. The Bertz CT molecular complexity index is 823. The molecule has 0 radical (unpaired) electrons. The summed E-state index contributed by atoms with van der Waals surface area (Å²) in [6.45, 7) is 4.23. The van der Waals surface area contributed by atoms with Gasteiger partial charge in [0.15, 0.2) is 0 Å². The van der Waals surface area contributed by atoms with E-state index in [9.17, 15) is 18.0 Å². The lowest BCUT2D eigenvalue weighted by molar-refractivity contribution is -0.138. The molecule has 0 N–H and O–H groups in total. The first kappa shape index (κ1) is 20.7. The standard InChI is InChI=1S/C21H22ClF3N2O/c1-15-13-26(14-17-3-2-4-18(11-17)21(23,24)25)9-10-27(15)20(28)12-16-5-7-19(22)8-6-16/h2-8,11,15H,9-10,12-14H2,1H3/t15-/m0/s1. The first-order valence-corrected chi connectivity index (χ1v) is 9.52. The minimum atomic E-state index is -4.34. The van der Waals surface area contributed by atoms with Gasteiger partial charge >= 0.3 is 6.18 Å². The largest absolute Gasteiger partial charge is 0.416 e. The normalized spacial score (nSPS) is 18.3. The van der Waals surface area contributed by atoms with Crippen LogP contribution in [0.25, 0.3) is 0 Å². The molecule has 0 spiro atoms. The maximum absolute atomic E-state index is 12.9. The number of benzene rings is 2. The molecule has 0 unspecified atom stereocenters. The highest BCUT2D eigenvalue weighted by atomic mass is 35.5. The molecule has 28 heavy (non-hydrogen) atoms. The first-order valence-electron chi connectivity index (χ1n) is 9.15. The molecule has 1 fully saturated rings. The molecule has 1 amide bonds. The van der Waals surface area contributed by atoms with Crippen LogP contribution < -0.4 is 0 Å². The molecule has 150 valence electrons. The van der Waals surface area contributed by atoms with Crippen molar-refractivity contribution in [1.29, 1.82) is 0 Å². The van der Waals surface area contributed by atoms with Gasteiger partial charge in [0.25, 0.3) is 0 Å². The smallest absolute Gasteiger partial charge is 0.337 e. The van der Waals surface area contributed by atoms with Crippen molar-refractivity contribution in [3.63, 3.8) is 0 Å². The number of carbonyl (C=O) groups excluding carboxylic acids is 1. The summed E-state index contributed by atoms with van der Waals surface area (Å²) in [6.07, 6.45) is -4.02. The highest BCUT2D eigenvalue weighted by molar-refractivity contribution is 6.30. The summed E-state index contributed by atoms with van der Waals surface area (Å²) in [4.78, 5) is 16.6. The zero-order valence-electron chi connectivity index (χ0n) is 15.5. The van der Waals surface area contributed by atoms with Crippen molar-refractivity contribution in [2.75, 3.05) is 19.6 Å². The van der Waals surface area contributed by atoms with Gasteiger partial charge in [-0.05, 0) is 36.2 Å². The minimum absolute atomic E-state index is 0.000603. The highest BCUT2D eigenvalue weighted by Gasteiger charge is 2.31. The van der Waals surface area contributed by atoms with Crippen LogP contribution >= 0.6 is 11.6 Å². The maximum atomic E-state index is 12.9. The molecule has 1 aliphatic heterocycles. The second-order valence-electron chi connectivity index (χ2n) is 7.17. The van der Waals surface area contributed by atoms with E-state index in [1.54, 1.807) is 18.2 Å². The number of carbonyl (C=O) groups is 1. The zero-order valence-corrected chi connectivity index (χ0v) is 16.3. The molecule has 7 heteroatoms. The fourth-order valence-electron chi connectivity index (χ4n) is 3.53. The van der Waals surface area contributed by atoms with Crippen LogP contribution in [-0.4, -0.2) is 41.4 Å². The summed E-state index contributed by atoms with van der Waals surface area (Å²) in [6, 6.07) is 12.6. The number of alkyl halides is 3. The van der Waals surface area contributed by atoms with E-state index in [2.05, 4.69) is 4.90 Å². The van der Waals surface area contributed by atoms with E-state index in [4.69, 9.17) is 11.6 Å².